The summed E-state index contributed by atoms with van der Waals surface area (Å²) in [7, 11) is 0. The maximum Gasteiger partial charge on any atom is 0.311 e. The molecule has 8 heteroatoms. The zero-order valence-electron chi connectivity index (χ0n) is 16.2. The van der Waals surface area contributed by atoms with Crippen LogP contribution >= 0.6 is 63.7 Å². The number of alkyl halides is 4. The number of esters is 1. The van der Waals surface area contributed by atoms with Gasteiger partial charge < -0.3 is 9.47 Å². The van der Waals surface area contributed by atoms with Crippen LogP contribution in [0.15, 0.2) is 54.6 Å². The molecule has 0 aliphatic heterocycles. The quantitative estimate of drug-likeness (QED) is 0.238. The summed E-state index contributed by atoms with van der Waals surface area (Å²) in [6.07, 6.45) is -1.01. The number of halogens is 4. The minimum absolute atomic E-state index is 0.0233. The molecule has 1 fully saturated rings. The van der Waals surface area contributed by atoms with Crippen molar-refractivity contribution in [3.05, 3.63) is 60.2 Å². The van der Waals surface area contributed by atoms with E-state index in [1.54, 1.807) is 24.3 Å². The molecule has 2 aromatic rings. The number of hydrogen-bond acceptors (Lipinski definition) is 4. The van der Waals surface area contributed by atoms with Crippen molar-refractivity contribution in [2.45, 2.75) is 26.9 Å². The van der Waals surface area contributed by atoms with Gasteiger partial charge in [-0.3, -0.25) is 4.79 Å². The van der Waals surface area contributed by atoms with Crippen molar-refractivity contribution in [1.29, 1.82) is 5.26 Å². The third-order valence-electron chi connectivity index (χ3n) is 5.28. The summed E-state index contributed by atoms with van der Waals surface area (Å²) in [6.45, 7) is 4.04. The van der Waals surface area contributed by atoms with Crippen LogP contribution in [-0.4, -0.2) is 12.9 Å². The van der Waals surface area contributed by atoms with Gasteiger partial charge in [0.1, 0.15) is 19.7 Å². The molecule has 0 heterocycles. The molecule has 3 rings (SSSR count). The Labute approximate surface area is 209 Å². The summed E-state index contributed by atoms with van der Waals surface area (Å²) in [5.41, 5.74) is 0.310. The van der Waals surface area contributed by atoms with Gasteiger partial charge in [0, 0.05) is 5.56 Å². The lowest BCUT2D eigenvalue weighted by Gasteiger charge is -2.21. The second-order valence-electron chi connectivity index (χ2n) is 7.70. The van der Waals surface area contributed by atoms with E-state index in [2.05, 4.69) is 69.8 Å². The molecular weight excluding hydrogens is 646 g/mol. The number of carbonyl (C=O) groups excluding carboxylic acids is 1. The van der Waals surface area contributed by atoms with Gasteiger partial charge in [-0.1, -0.05) is 108 Å². The molecule has 158 valence electrons. The van der Waals surface area contributed by atoms with E-state index in [9.17, 15) is 10.1 Å². The first kappa shape index (κ1) is 23.8. The van der Waals surface area contributed by atoms with Crippen LogP contribution in [0.4, 0.5) is 0 Å². The molecule has 4 atom stereocenters. The minimum Gasteiger partial charge on any atom is -0.457 e. The summed E-state index contributed by atoms with van der Waals surface area (Å²) in [5, 5.41) is 9.65. The monoisotopic (exact) mass is 661 g/mol. The largest absolute Gasteiger partial charge is 0.457 e. The molecule has 30 heavy (non-hydrogen) atoms. The summed E-state index contributed by atoms with van der Waals surface area (Å²) in [6, 6.07) is 18.5. The highest BCUT2D eigenvalue weighted by atomic mass is 80.0. The smallest absolute Gasteiger partial charge is 0.311 e. The van der Waals surface area contributed by atoms with Crippen LogP contribution in [0.1, 0.15) is 25.5 Å². The van der Waals surface area contributed by atoms with Crippen LogP contribution in [-0.2, 0) is 9.53 Å². The van der Waals surface area contributed by atoms with Crippen LogP contribution in [0, 0.1) is 28.6 Å². The summed E-state index contributed by atoms with van der Waals surface area (Å²) < 4.78 is 10.9. The van der Waals surface area contributed by atoms with Gasteiger partial charge in [0.2, 0.25) is 6.10 Å². The van der Waals surface area contributed by atoms with Crippen LogP contribution < -0.4 is 4.74 Å². The van der Waals surface area contributed by atoms with Crippen LogP contribution in [0.2, 0.25) is 0 Å². The number of hydrogen-bond donors (Lipinski definition) is 0. The Hall–Kier alpha value is -0.880. The first-order chi connectivity index (χ1) is 14.1. The normalized spacial score (nSPS) is 21.8. The molecule has 0 spiro atoms. The highest BCUT2D eigenvalue weighted by Gasteiger charge is 2.67. The standard InChI is InChI=1S/C22H19Br4NO3/c1-21(2)17(19(23)22(24,25)26)18(21)20(28)30-16(12-27)13-7-6-10-15(11-13)29-14-8-4-3-5-9-14/h3-11,16-19H,1-2H3/t16-,17+,18+,19-/m1/s1. The number of nitrogens with zero attached hydrogens (tertiary/aromatic N) is 1. The zero-order chi connectivity index (χ0) is 22.1. The van der Waals surface area contributed by atoms with Crippen molar-refractivity contribution >= 4 is 69.7 Å². The molecule has 4 nitrogen and oxygen atoms in total. The Morgan fingerprint density at radius 3 is 2.33 bits per heavy atom. The van der Waals surface area contributed by atoms with E-state index in [0.29, 0.717) is 17.1 Å². The Balaban J connectivity index is 1.72. The first-order valence-corrected chi connectivity index (χ1v) is 12.5. The average molecular weight is 665 g/mol. The fourth-order valence-corrected chi connectivity index (χ4v) is 5.44. The zero-order valence-corrected chi connectivity index (χ0v) is 22.5. The topological polar surface area (TPSA) is 59.3 Å². The number of para-hydroxylation sites is 1. The van der Waals surface area contributed by atoms with Crippen LogP contribution in [0.3, 0.4) is 0 Å². The highest BCUT2D eigenvalue weighted by Crippen LogP contribution is 2.66. The van der Waals surface area contributed by atoms with Gasteiger partial charge in [0.15, 0.2) is 0 Å². The second kappa shape index (κ2) is 9.32. The molecule has 0 amide bonds. The van der Waals surface area contributed by atoms with Crippen molar-refractivity contribution in [2.24, 2.45) is 17.3 Å². The van der Waals surface area contributed by atoms with E-state index >= 15 is 0 Å². The highest BCUT2D eigenvalue weighted by molar-refractivity contribution is 9.40. The van der Waals surface area contributed by atoms with E-state index < -0.39 is 8.25 Å². The van der Waals surface area contributed by atoms with Crippen molar-refractivity contribution in [2.75, 3.05) is 0 Å². The molecule has 2 aromatic carbocycles. The lowest BCUT2D eigenvalue weighted by atomic mass is 10.1. The van der Waals surface area contributed by atoms with Gasteiger partial charge in [-0.15, -0.1) is 0 Å². The predicted octanol–water partition coefficient (Wildman–Crippen LogP) is 7.46. The predicted molar refractivity (Wildman–Crippen MR) is 130 cm³/mol. The fourth-order valence-electron chi connectivity index (χ4n) is 3.60. The number of nitriles is 1. The maximum atomic E-state index is 12.9. The number of ether oxygens (including phenoxy) is 2. The lowest BCUT2D eigenvalue weighted by Crippen LogP contribution is -2.23. The summed E-state index contributed by atoms with van der Waals surface area (Å²) in [5.74, 6) is 0.576. The molecule has 0 aromatic heterocycles. The number of rotatable bonds is 6. The molecule has 0 unspecified atom stereocenters. The van der Waals surface area contributed by atoms with E-state index in [0.717, 1.165) is 0 Å². The molecule has 0 saturated heterocycles. The maximum absolute atomic E-state index is 12.9. The van der Waals surface area contributed by atoms with Crippen molar-refractivity contribution in [3.8, 4) is 17.6 Å². The van der Waals surface area contributed by atoms with E-state index in [1.807, 2.05) is 44.2 Å². The van der Waals surface area contributed by atoms with Gasteiger partial charge in [-0.05, 0) is 35.6 Å². The summed E-state index contributed by atoms with van der Waals surface area (Å²) in [4.78, 5) is 12.8. The van der Waals surface area contributed by atoms with Crippen molar-refractivity contribution < 1.29 is 14.3 Å². The minimum atomic E-state index is -1.01. The molecule has 1 aliphatic rings. The average Bonchev–Trinajstić information content (AvgIpc) is 3.27. The van der Waals surface area contributed by atoms with Crippen LogP contribution in [0.25, 0.3) is 0 Å². The molecule has 0 N–H and O–H groups in total. The van der Waals surface area contributed by atoms with Crippen molar-refractivity contribution in [3.63, 3.8) is 0 Å². The fraction of sp³-hybridized carbons (Fsp3) is 0.364. The van der Waals surface area contributed by atoms with Crippen LogP contribution in [0.5, 0.6) is 11.5 Å². The Bertz CT molecular complexity index is 953. The van der Waals surface area contributed by atoms with Gasteiger partial charge in [-0.2, -0.15) is 5.26 Å². The Kier molecular flexibility index (Phi) is 7.38. The summed E-state index contributed by atoms with van der Waals surface area (Å²) >= 11 is 14.2. The molecule has 1 aliphatic carbocycles. The number of benzene rings is 2. The molecule has 0 radical (unpaired) electrons. The third-order valence-corrected chi connectivity index (χ3v) is 9.86. The van der Waals surface area contributed by atoms with Gasteiger partial charge in [0.25, 0.3) is 0 Å². The lowest BCUT2D eigenvalue weighted by molar-refractivity contribution is -0.149. The molecular formula is C22H19Br4NO3. The first-order valence-electron chi connectivity index (χ1n) is 9.19. The SMILES string of the molecule is CC1(C)[C@H]([C@@H](Br)C(Br)(Br)Br)[C@H]1C(=O)O[C@H](C#N)c1cccc(Oc2ccccc2)c1. The molecule has 0 bridgehead atoms. The van der Waals surface area contributed by atoms with E-state index in [4.69, 9.17) is 9.47 Å². The Morgan fingerprint density at radius 2 is 1.73 bits per heavy atom. The van der Waals surface area contributed by atoms with Gasteiger partial charge in [-0.25, -0.2) is 0 Å². The van der Waals surface area contributed by atoms with E-state index in [-0.39, 0.29) is 28.0 Å². The number of carbonyl (C=O) groups is 1. The van der Waals surface area contributed by atoms with Gasteiger partial charge >= 0.3 is 5.97 Å². The van der Waals surface area contributed by atoms with E-state index in [1.165, 1.54) is 0 Å². The molecule has 1 saturated carbocycles. The second-order valence-corrected chi connectivity index (χ2v) is 15.6. The third kappa shape index (κ3) is 5.29. The Morgan fingerprint density at radius 1 is 1.10 bits per heavy atom. The van der Waals surface area contributed by atoms with Crippen molar-refractivity contribution in [1.82, 2.24) is 0 Å². The van der Waals surface area contributed by atoms with Gasteiger partial charge in [0.05, 0.1) is 10.7 Å².